The van der Waals surface area contributed by atoms with Crippen molar-refractivity contribution in [3.05, 3.63) is 308 Å². The minimum Gasteiger partial charge on any atom is -0.465 e. The van der Waals surface area contributed by atoms with Gasteiger partial charge >= 0.3 is 11.9 Å². The molecule has 9 aromatic carbocycles. The van der Waals surface area contributed by atoms with Crippen LogP contribution in [-0.4, -0.2) is 148 Å². The summed E-state index contributed by atoms with van der Waals surface area (Å²) in [4.78, 5) is 47.2. The molecule has 0 aliphatic carbocycles. The number of hydrogen-bond acceptors (Lipinski definition) is 18. The number of aryl methyl sites for hydroxylation is 1. The normalized spacial score (nSPS) is 12.7. The van der Waals surface area contributed by atoms with Gasteiger partial charge in [0, 0.05) is 83.8 Å². The van der Waals surface area contributed by atoms with Crippen molar-refractivity contribution in [2.75, 3.05) is 51.8 Å². The van der Waals surface area contributed by atoms with E-state index < -0.39 is 68.9 Å². The molecule has 10 rings (SSSR count). The zero-order valence-electron chi connectivity index (χ0n) is 98.5. The molecule has 0 radical (unpaired) electrons. The number of esters is 2. The van der Waals surface area contributed by atoms with Gasteiger partial charge in [-0.1, -0.05) is 353 Å². The number of ether oxygens (including phenoxy) is 2. The van der Waals surface area contributed by atoms with Crippen LogP contribution < -0.4 is 15.4 Å². The molecule has 1 atom stereocenters. The van der Waals surface area contributed by atoms with E-state index in [0.29, 0.717) is 36.9 Å². The second kappa shape index (κ2) is 54.9. The fraction of sp³-hybridized carbons (Fsp3) is 0.488. The van der Waals surface area contributed by atoms with Crippen molar-refractivity contribution < 1.29 is 79.3 Å². The summed E-state index contributed by atoms with van der Waals surface area (Å²) in [6, 6.07) is 64.8. The first-order valence-electron chi connectivity index (χ1n) is 50.0. The summed E-state index contributed by atoms with van der Waals surface area (Å²) in [5.41, 5.74) is 12.7. The molecule has 0 bridgehead atoms. The van der Waals surface area contributed by atoms with Gasteiger partial charge in [-0.2, -0.15) is 5.10 Å². The Balaban J connectivity index is 0.000000834. The summed E-state index contributed by atoms with van der Waals surface area (Å²) < 4.78 is 158. The summed E-state index contributed by atoms with van der Waals surface area (Å²) in [6.07, 6.45) is 5.90. The third kappa shape index (κ3) is 44.3. The van der Waals surface area contributed by atoms with E-state index in [0.717, 1.165) is 61.3 Å². The van der Waals surface area contributed by atoms with Gasteiger partial charge < -0.3 is 24.8 Å². The van der Waals surface area contributed by atoms with Crippen LogP contribution in [0.3, 0.4) is 0 Å². The zero-order chi connectivity index (χ0) is 117. The molecule has 150 heavy (non-hydrogen) atoms. The molecule has 1 aromatic heterocycles. The van der Waals surface area contributed by atoms with Crippen molar-refractivity contribution in [1.29, 1.82) is 0 Å². The minimum atomic E-state index is -3.30. The number of carbonyl (C=O) groups excluding carboxylic acids is 4. The number of anilines is 1. The molecule has 0 spiro atoms. The highest BCUT2D eigenvalue weighted by Gasteiger charge is 2.37. The van der Waals surface area contributed by atoms with E-state index in [1.807, 2.05) is 243 Å². The number of hydrogen-bond donors (Lipinski definition) is 3. The van der Waals surface area contributed by atoms with Crippen LogP contribution in [0.25, 0.3) is 0 Å². The van der Waals surface area contributed by atoms with E-state index in [-0.39, 0.29) is 99.7 Å². The molecule has 29 heteroatoms. The predicted molar refractivity (Wildman–Crippen MR) is 626 cm³/mol. The summed E-state index contributed by atoms with van der Waals surface area (Å²) in [5, 5.41) is 8.67. The fourth-order valence-electron chi connectivity index (χ4n) is 14.8. The van der Waals surface area contributed by atoms with Crippen LogP contribution in [0.15, 0.2) is 238 Å². The lowest BCUT2D eigenvalue weighted by Crippen LogP contribution is -2.30. The van der Waals surface area contributed by atoms with Crippen LogP contribution in [0.5, 0.6) is 0 Å². The average Bonchev–Trinajstić information content (AvgIpc) is 1.26. The number of nitrogens with one attached hydrogen (secondary N) is 3. The second-order valence-corrected chi connectivity index (χ2v) is 62.9. The number of nitrogens with zero attached hydrogens (tertiary/aromatic N) is 2. The van der Waals surface area contributed by atoms with Crippen LogP contribution in [0.1, 0.15) is 359 Å². The van der Waals surface area contributed by atoms with Gasteiger partial charge in [-0.05, 0) is 225 Å². The molecule has 0 saturated heterocycles. The molecule has 2 amide bonds. The lowest BCUT2D eigenvalue weighted by molar-refractivity contribution is 0.0590. The quantitative estimate of drug-likeness (QED) is 0.0672. The summed E-state index contributed by atoms with van der Waals surface area (Å²) in [5.74, 6) is 2.55. The number of aromatic nitrogens is 2. The standard InChI is InChI=1S/C14H22O2S.C13H20O2S.C12H16FNO.C12H19NOS.C12H17NO.C12H18O2S.2C12H16O2.C11H20N2O2S.C11H16O2S/c1-13(2,3)11-9-7-8-10-12(11)17(15,16)14(4,5)6;1-10(2)16(14,15)12-9-7-6-8-11(12)13(3,4)5;1-12(2,3)10-8(11(15)14-4)6-5-7-9(10)13;1-12(2,3)10-7-6-8-11(9-10)13-15(4,5)14;1-12(2,3)10-8-6-5-7-9(10)11(14)13-4;1-12(2,3)11-8-6-5-7-10(11)9-15(4,13)14;1-12(2,3)10-7-5-6-9(8-10)11(13)14-4;1-12(2,3)10-8-6-5-7-9(10)11(13)14-4;1-8(2)16(14,15)10-9(11(3,4)5)7-13(6)12-10;1-11(2,3)9-7-5-6-8-10(9)14(4,12)13/h7-10H,1-6H3;6-10H,1-5H3;5-7H,1-4H3,(H,14,15);6-9H,4H2,1-3,5H3,(H,13,14);5-8H,1-4H3,(H,13,14);5-8H,9H2,1-4H3;2*5-8H,1-4H3;7-8H,1-6H3;5-8H,1-4H3. The van der Waals surface area contributed by atoms with Gasteiger partial charge in [0.15, 0.2) is 54.2 Å². The Hall–Kier alpha value is -10.4. The topological polar surface area (TPSA) is 328 Å². The van der Waals surface area contributed by atoms with E-state index in [1.165, 1.54) is 38.4 Å². The Morgan fingerprint density at radius 3 is 1.07 bits per heavy atom. The maximum absolute atomic E-state index is 13.7. The lowest BCUT2D eigenvalue weighted by Gasteiger charge is -2.27. The van der Waals surface area contributed by atoms with E-state index in [4.69, 9.17) is 4.74 Å². The van der Waals surface area contributed by atoms with E-state index >= 15 is 0 Å². The Bertz CT molecular complexity index is 6810. The highest BCUT2D eigenvalue weighted by atomic mass is 32.2. The highest BCUT2D eigenvalue weighted by Crippen LogP contribution is 2.39. The lowest BCUT2D eigenvalue weighted by atomic mass is 9.83. The second-order valence-electron chi connectivity index (χ2n) is 49.0. The van der Waals surface area contributed by atoms with Gasteiger partial charge in [0.25, 0.3) is 11.8 Å². The van der Waals surface area contributed by atoms with E-state index in [1.54, 1.807) is 147 Å². The molecule has 0 aliphatic heterocycles. The van der Waals surface area contributed by atoms with Crippen LogP contribution in [-0.2, 0) is 135 Å². The number of carbonyl (C=O) groups is 4. The van der Waals surface area contributed by atoms with Crippen molar-refractivity contribution in [3.63, 3.8) is 0 Å². The molecule has 834 valence electrons. The molecular formula is C121H180FN5O17S6. The SMILES string of the molecule is C=S(C)(=O)Nc1cccc(C(C)(C)C)c1.CC(C)(C)c1ccccc1CS(C)(=O)=O.CC(C)(C)c1ccccc1S(=O)(=O)C(C)(C)C.CC(C)(C)c1ccccc1S(C)(=O)=O.CC(C)S(=O)(=O)c1ccccc1C(C)(C)C.CC(C)S(=O)(=O)c1nn(C)cc1C(C)(C)C.CNC(=O)c1cccc(F)c1C(C)(C)C.CNC(=O)c1ccccc1C(C)(C)C.COC(=O)c1cccc(C(C)(C)C)c1.COC(=O)c1ccccc1C(C)(C)C. The predicted octanol–water partition coefficient (Wildman–Crippen LogP) is 26.6. The highest BCUT2D eigenvalue weighted by molar-refractivity contribution is 8.00. The van der Waals surface area contributed by atoms with Crippen molar-refractivity contribution in [2.45, 2.75) is 351 Å². The van der Waals surface area contributed by atoms with Crippen molar-refractivity contribution >= 4 is 94.2 Å². The van der Waals surface area contributed by atoms with Crippen molar-refractivity contribution in [2.24, 2.45) is 7.05 Å². The molecule has 22 nitrogen and oxygen atoms in total. The first-order valence-corrected chi connectivity index (χ1v) is 60.7. The number of sulfone groups is 5. The molecule has 1 unspecified atom stereocenters. The summed E-state index contributed by atoms with van der Waals surface area (Å²) >= 11 is 0. The maximum atomic E-state index is 13.7. The fourth-order valence-corrected chi connectivity index (χ4v) is 21.7. The first-order chi connectivity index (χ1) is 67.6. The van der Waals surface area contributed by atoms with Crippen LogP contribution in [0, 0.1) is 5.82 Å². The number of methoxy groups -OCH3 is 2. The Labute approximate surface area is 904 Å². The Kier molecular flexibility index (Phi) is 50.3. The molecule has 0 fully saturated rings. The van der Waals surface area contributed by atoms with Gasteiger partial charge in [-0.15, -0.1) is 0 Å². The monoisotopic (exact) mass is 2190 g/mol. The molecule has 1 heterocycles. The number of rotatable bonds is 14. The smallest absolute Gasteiger partial charge is 0.338 e. The number of halogens is 1. The van der Waals surface area contributed by atoms with Gasteiger partial charge in [-0.25, -0.2) is 60.3 Å². The molecular weight excluding hydrogens is 2010 g/mol. The van der Waals surface area contributed by atoms with Crippen molar-refractivity contribution in [3.8, 4) is 0 Å². The molecule has 3 N–H and O–H groups in total. The van der Waals surface area contributed by atoms with Crippen molar-refractivity contribution in [1.82, 2.24) is 20.4 Å². The van der Waals surface area contributed by atoms with Gasteiger partial charge in [0.2, 0.25) is 0 Å². The Morgan fingerprint density at radius 1 is 0.367 bits per heavy atom. The van der Waals surface area contributed by atoms with Gasteiger partial charge in [-0.3, -0.25) is 14.3 Å². The third-order valence-corrected chi connectivity index (χ3v) is 32.5. The molecule has 10 aromatic rings. The zero-order valence-corrected chi connectivity index (χ0v) is 103. The first kappa shape index (κ1) is 138. The molecule has 0 aliphatic rings. The maximum Gasteiger partial charge on any atom is 0.338 e. The van der Waals surface area contributed by atoms with Gasteiger partial charge in [0.1, 0.15) is 5.82 Å². The number of benzene rings is 9. The largest absolute Gasteiger partial charge is 0.465 e. The summed E-state index contributed by atoms with van der Waals surface area (Å²) in [7, 11) is -10.3. The van der Waals surface area contributed by atoms with E-state index in [9.17, 15) is 69.9 Å². The Morgan fingerprint density at radius 2 is 0.700 bits per heavy atom. The third-order valence-electron chi connectivity index (χ3n) is 23.0. The minimum absolute atomic E-state index is 0.00308. The number of amides is 2. The summed E-state index contributed by atoms with van der Waals surface area (Å²) in [6.45, 7) is 73.5. The van der Waals surface area contributed by atoms with Crippen LogP contribution >= 0.6 is 0 Å². The van der Waals surface area contributed by atoms with Crippen LogP contribution in [0.2, 0.25) is 0 Å². The van der Waals surface area contributed by atoms with Gasteiger partial charge in [0.05, 0.1) is 61.0 Å². The molecule has 0 saturated carbocycles. The van der Waals surface area contributed by atoms with E-state index in [2.05, 4.69) is 141 Å². The van der Waals surface area contributed by atoms with Crippen LogP contribution in [0.4, 0.5) is 10.1 Å². The average molecular weight is 2190 g/mol.